The number of rotatable bonds is 8. The molecule has 6 saturated carbocycles. The lowest BCUT2D eigenvalue weighted by atomic mass is 9.41. The van der Waals surface area contributed by atoms with Crippen LogP contribution in [0.15, 0.2) is 0 Å². The number of carbonyl (C=O) groups excluding carboxylic acids is 1. The van der Waals surface area contributed by atoms with Crippen LogP contribution >= 0.6 is 0 Å². The number of hydrogen-bond acceptors (Lipinski definition) is 8. The largest absolute Gasteiger partial charge is 0.390 e. The highest BCUT2D eigenvalue weighted by Gasteiger charge is 2.84. The quantitative estimate of drug-likeness (QED) is 0.285. The van der Waals surface area contributed by atoms with Crippen molar-refractivity contribution in [3.8, 4) is 0 Å². The highest BCUT2D eigenvalue weighted by atomic mass is 16.7. The maximum atomic E-state index is 13.1. The summed E-state index contributed by atoms with van der Waals surface area (Å²) in [6.45, 7) is 22.7. The molecule has 8 aliphatic rings. The highest BCUT2D eigenvalue weighted by molar-refractivity contribution is 5.88. The lowest BCUT2D eigenvalue weighted by Crippen LogP contribution is -2.60. The Morgan fingerprint density at radius 3 is 2.41 bits per heavy atom. The second-order valence-electron chi connectivity index (χ2n) is 20.6. The predicted octanol–water partition coefficient (Wildman–Crippen LogP) is 6.78. The highest BCUT2D eigenvalue weighted by Crippen LogP contribution is 2.89. The first-order chi connectivity index (χ1) is 24.0. The summed E-state index contributed by atoms with van der Waals surface area (Å²) < 4.78 is 26.4. The lowest BCUT2D eigenvalue weighted by Gasteiger charge is -2.64. The molecule has 0 bridgehead atoms. The molecule has 0 aromatic heterocycles. The first-order valence-corrected chi connectivity index (χ1v) is 21.2. The third-order valence-electron chi connectivity index (χ3n) is 18.0. The van der Waals surface area contributed by atoms with Gasteiger partial charge in [0.15, 0.2) is 12.1 Å². The maximum absolute atomic E-state index is 13.1. The lowest BCUT2D eigenvalue weighted by molar-refractivity contribution is -0.250. The van der Waals surface area contributed by atoms with Gasteiger partial charge in [-0.05, 0) is 137 Å². The number of fused-ring (bicyclic) bond motifs is 4. The van der Waals surface area contributed by atoms with E-state index in [0.717, 1.165) is 51.5 Å². The molecule has 51 heavy (non-hydrogen) atoms. The SMILES string of the molecule is CCO[C@@H](C1C[C@@H](C)[C@H]2C(O1)[C@H](O)[C@@]1(C)C3CC[C@H]4C(C)(C)[C@@H](O[C@H]5CN([C@H]6CCC(CC)C6=O)CCO5)CCC45CC35CC[C@]21C)C(C)(C)O. The van der Waals surface area contributed by atoms with E-state index in [9.17, 15) is 15.0 Å². The Bertz CT molecular complexity index is 1350. The summed E-state index contributed by atoms with van der Waals surface area (Å²) >= 11 is 0. The van der Waals surface area contributed by atoms with Crippen molar-refractivity contribution in [3.63, 3.8) is 0 Å². The fourth-order valence-electron chi connectivity index (χ4n) is 15.6. The summed E-state index contributed by atoms with van der Waals surface area (Å²) in [4.78, 5) is 15.5. The van der Waals surface area contributed by atoms with Crippen molar-refractivity contribution in [1.29, 1.82) is 0 Å². The van der Waals surface area contributed by atoms with Crippen LogP contribution in [0.2, 0.25) is 0 Å². The molecule has 0 radical (unpaired) electrons. The number of carbonyl (C=O) groups is 1. The van der Waals surface area contributed by atoms with Gasteiger partial charge in [-0.3, -0.25) is 9.69 Å². The van der Waals surface area contributed by atoms with E-state index >= 15 is 0 Å². The smallest absolute Gasteiger partial charge is 0.170 e. The zero-order chi connectivity index (χ0) is 36.5. The first kappa shape index (κ1) is 37.3. The van der Waals surface area contributed by atoms with Crippen LogP contribution in [0.1, 0.15) is 133 Å². The Kier molecular flexibility index (Phi) is 9.11. The summed E-state index contributed by atoms with van der Waals surface area (Å²) in [5.41, 5.74) is -0.624. The van der Waals surface area contributed by atoms with Gasteiger partial charge in [0.25, 0.3) is 0 Å². The third kappa shape index (κ3) is 5.11. The van der Waals surface area contributed by atoms with E-state index in [-0.39, 0.29) is 58.2 Å². The van der Waals surface area contributed by atoms with Crippen molar-refractivity contribution < 1.29 is 34.0 Å². The minimum Gasteiger partial charge on any atom is -0.390 e. The van der Waals surface area contributed by atoms with E-state index in [2.05, 4.69) is 46.4 Å². The molecule has 8 nitrogen and oxygen atoms in total. The number of aliphatic hydroxyl groups excluding tert-OH is 1. The van der Waals surface area contributed by atoms with E-state index in [1.807, 2.05) is 20.8 Å². The molecule has 2 heterocycles. The molecule has 2 saturated heterocycles. The molecule has 8 rings (SSSR count). The van der Waals surface area contributed by atoms with Gasteiger partial charge in [-0.2, -0.15) is 0 Å². The molecule has 0 aromatic rings. The zero-order valence-electron chi connectivity index (χ0n) is 33.4. The van der Waals surface area contributed by atoms with Gasteiger partial charge in [-0.1, -0.05) is 41.5 Å². The van der Waals surface area contributed by atoms with Crippen LogP contribution < -0.4 is 0 Å². The molecule has 2 aliphatic heterocycles. The van der Waals surface area contributed by atoms with Crippen LogP contribution in [0, 0.1) is 56.7 Å². The number of morpholine rings is 1. The van der Waals surface area contributed by atoms with E-state index in [1.54, 1.807) is 0 Å². The predicted molar refractivity (Wildman–Crippen MR) is 196 cm³/mol. The minimum atomic E-state index is -1.02. The summed E-state index contributed by atoms with van der Waals surface area (Å²) in [5, 5.41) is 23.7. The molecule has 8 heteroatoms. The van der Waals surface area contributed by atoms with Gasteiger partial charge in [-0.15, -0.1) is 0 Å². The Labute approximate surface area is 308 Å². The van der Waals surface area contributed by atoms with Gasteiger partial charge in [0.1, 0.15) is 6.10 Å². The van der Waals surface area contributed by atoms with Gasteiger partial charge < -0.3 is 29.2 Å². The summed E-state index contributed by atoms with van der Waals surface area (Å²) in [6.07, 6.45) is 10.5. The van der Waals surface area contributed by atoms with Crippen LogP contribution in [-0.4, -0.2) is 95.7 Å². The monoisotopic (exact) mass is 714 g/mol. The molecule has 0 amide bonds. The Morgan fingerprint density at radius 2 is 1.73 bits per heavy atom. The van der Waals surface area contributed by atoms with E-state index in [0.29, 0.717) is 54.6 Å². The van der Waals surface area contributed by atoms with Gasteiger partial charge >= 0.3 is 0 Å². The van der Waals surface area contributed by atoms with Gasteiger partial charge in [0.05, 0.1) is 49.2 Å². The fourth-order valence-corrected chi connectivity index (χ4v) is 15.6. The summed E-state index contributed by atoms with van der Waals surface area (Å²) in [5.74, 6) is 2.40. The molecular weight excluding hydrogens is 642 g/mol. The number of hydrogen-bond donors (Lipinski definition) is 2. The molecule has 290 valence electrons. The summed E-state index contributed by atoms with van der Waals surface area (Å²) in [7, 11) is 0. The van der Waals surface area contributed by atoms with Crippen molar-refractivity contribution in [1.82, 2.24) is 4.90 Å². The zero-order valence-corrected chi connectivity index (χ0v) is 33.4. The van der Waals surface area contributed by atoms with Gasteiger partial charge in [0.2, 0.25) is 0 Å². The second kappa shape index (κ2) is 12.4. The molecular formula is C43H71NO7. The van der Waals surface area contributed by atoms with Crippen molar-refractivity contribution >= 4 is 5.78 Å². The van der Waals surface area contributed by atoms with Crippen molar-refractivity contribution in [3.05, 3.63) is 0 Å². The van der Waals surface area contributed by atoms with Crippen LogP contribution in [-0.2, 0) is 23.7 Å². The first-order valence-electron chi connectivity index (χ1n) is 21.2. The molecule has 6 aliphatic carbocycles. The molecule has 6 unspecified atom stereocenters. The normalized spacial score (nSPS) is 52.7. The average Bonchev–Trinajstić information content (AvgIpc) is 3.53. The van der Waals surface area contributed by atoms with Gasteiger partial charge in [-0.25, -0.2) is 0 Å². The minimum absolute atomic E-state index is 0.00171. The molecule has 8 fully saturated rings. The third-order valence-corrected chi connectivity index (χ3v) is 18.0. The van der Waals surface area contributed by atoms with Crippen molar-refractivity contribution in [2.24, 2.45) is 56.7 Å². The van der Waals surface area contributed by atoms with Crippen LogP contribution in [0.25, 0.3) is 0 Å². The van der Waals surface area contributed by atoms with Crippen LogP contribution in [0.3, 0.4) is 0 Å². The molecule has 0 aromatic carbocycles. The van der Waals surface area contributed by atoms with Crippen molar-refractivity contribution in [2.75, 3.05) is 26.3 Å². The molecule has 16 atom stereocenters. The van der Waals surface area contributed by atoms with Crippen molar-refractivity contribution in [2.45, 2.75) is 181 Å². The number of aliphatic hydroxyl groups is 2. The maximum Gasteiger partial charge on any atom is 0.170 e. The van der Waals surface area contributed by atoms with Crippen LogP contribution in [0.4, 0.5) is 0 Å². The molecule has 2 N–H and O–H groups in total. The number of nitrogens with zero attached hydrogens (tertiary/aromatic N) is 1. The Hall–Kier alpha value is -0.610. The summed E-state index contributed by atoms with van der Waals surface area (Å²) in [6, 6.07) is 0.0363. The Morgan fingerprint density at radius 1 is 1.00 bits per heavy atom. The standard InChI is InChI=1S/C43H71NO7/c1-10-26-12-13-27(34(26)45)44-20-21-49-32(23-44)51-31-16-17-42-24-43(42)19-18-40(8)33-25(3)22-28(37(48-11-2)39(6,7)47)50-35(33)36(46)41(40,9)30(43)15-14-29(42)38(31,4)5/h25-33,35-37,46-47H,10-24H2,1-9H3/t25-,26?,27+,28?,29+,30?,31+,32+,33+,35?,36+,37+,40-,41-,42?,43?/m1/s1. The average molecular weight is 714 g/mol. The number of ether oxygens (including phenoxy) is 4. The van der Waals surface area contributed by atoms with E-state index < -0.39 is 17.8 Å². The second-order valence-corrected chi connectivity index (χ2v) is 20.6. The van der Waals surface area contributed by atoms with Crippen LogP contribution in [0.5, 0.6) is 0 Å². The topological polar surface area (TPSA) is 97.7 Å². The number of ketones is 1. The van der Waals surface area contributed by atoms with E-state index in [1.165, 1.54) is 25.7 Å². The van der Waals surface area contributed by atoms with Gasteiger partial charge in [0, 0.05) is 24.5 Å². The number of Topliss-reactive ketones (excluding diaryl/α,β-unsaturated/α-hetero) is 1. The fraction of sp³-hybridized carbons (Fsp3) is 0.977. The Balaban J connectivity index is 0.998. The molecule has 2 spiro atoms. The van der Waals surface area contributed by atoms with E-state index in [4.69, 9.17) is 18.9 Å².